The van der Waals surface area contributed by atoms with Gasteiger partial charge in [-0.1, -0.05) is 19.1 Å². The molecule has 2 heterocycles. The summed E-state index contributed by atoms with van der Waals surface area (Å²) in [4.78, 5) is 16.4. The summed E-state index contributed by atoms with van der Waals surface area (Å²) in [6.07, 6.45) is 4.91. The first-order valence-corrected chi connectivity index (χ1v) is 8.26. The van der Waals surface area contributed by atoms with Crippen molar-refractivity contribution in [1.29, 1.82) is 0 Å². The number of fused-ring (bicyclic) bond motifs is 1. The van der Waals surface area contributed by atoms with Gasteiger partial charge in [-0.15, -0.1) is 0 Å². The average molecular weight is 313 g/mol. The highest BCUT2D eigenvalue weighted by molar-refractivity contribution is 5.79. The van der Waals surface area contributed by atoms with E-state index < -0.39 is 0 Å². The van der Waals surface area contributed by atoms with Crippen LogP contribution in [0.3, 0.4) is 0 Å². The summed E-state index contributed by atoms with van der Waals surface area (Å²) in [5, 5.41) is 7.04. The van der Waals surface area contributed by atoms with Crippen molar-refractivity contribution >= 4 is 16.9 Å². The fourth-order valence-corrected chi connectivity index (χ4v) is 3.01. The Bertz CT molecular complexity index is 668. The number of rotatable bonds is 5. The lowest BCUT2D eigenvalue weighted by atomic mass is 10.1. The summed E-state index contributed by atoms with van der Waals surface area (Å²) < 4.78 is 5.67. The maximum absolute atomic E-state index is 12.1. The van der Waals surface area contributed by atoms with Crippen LogP contribution >= 0.6 is 0 Å². The molecular formula is C18H23N3O2. The number of pyridine rings is 1. The second-order valence-corrected chi connectivity index (χ2v) is 5.92. The number of ether oxygens (including phenoxy) is 1. The van der Waals surface area contributed by atoms with E-state index in [1.54, 1.807) is 6.20 Å². The number of urea groups is 1. The van der Waals surface area contributed by atoms with Crippen molar-refractivity contribution in [1.82, 2.24) is 15.6 Å². The van der Waals surface area contributed by atoms with Crippen LogP contribution in [0.1, 0.15) is 31.7 Å². The van der Waals surface area contributed by atoms with Gasteiger partial charge in [0.25, 0.3) is 0 Å². The van der Waals surface area contributed by atoms with Gasteiger partial charge in [-0.2, -0.15) is 0 Å². The number of nitrogens with one attached hydrogen (secondary N) is 2. The summed E-state index contributed by atoms with van der Waals surface area (Å²) in [7, 11) is 0. The first-order chi connectivity index (χ1) is 11.3. The quantitative estimate of drug-likeness (QED) is 0.892. The van der Waals surface area contributed by atoms with Gasteiger partial charge in [-0.3, -0.25) is 4.98 Å². The van der Waals surface area contributed by atoms with E-state index in [1.807, 2.05) is 24.3 Å². The van der Waals surface area contributed by atoms with E-state index in [-0.39, 0.29) is 18.2 Å². The molecule has 1 aliphatic rings. The Morgan fingerprint density at radius 2 is 2.35 bits per heavy atom. The highest BCUT2D eigenvalue weighted by atomic mass is 16.5. The van der Waals surface area contributed by atoms with Gasteiger partial charge in [-0.25, -0.2) is 4.79 Å². The third-order valence-corrected chi connectivity index (χ3v) is 4.29. The van der Waals surface area contributed by atoms with Gasteiger partial charge in [0.1, 0.15) is 0 Å². The molecule has 5 nitrogen and oxygen atoms in total. The van der Waals surface area contributed by atoms with E-state index in [9.17, 15) is 4.79 Å². The number of carbonyl (C=O) groups excluding carboxylic acids is 1. The molecule has 0 radical (unpaired) electrons. The first kappa shape index (κ1) is 15.7. The third kappa shape index (κ3) is 3.99. The molecule has 0 aliphatic carbocycles. The van der Waals surface area contributed by atoms with Crippen LogP contribution in [0.2, 0.25) is 0 Å². The number of carbonyl (C=O) groups is 1. The van der Waals surface area contributed by atoms with Gasteiger partial charge in [0.05, 0.1) is 17.7 Å². The van der Waals surface area contributed by atoms with Crippen molar-refractivity contribution in [3.8, 4) is 0 Å². The molecule has 0 unspecified atom stereocenters. The average Bonchev–Trinajstić information content (AvgIpc) is 3.12. The Labute approximate surface area is 136 Å². The Morgan fingerprint density at radius 3 is 3.13 bits per heavy atom. The molecule has 23 heavy (non-hydrogen) atoms. The second kappa shape index (κ2) is 7.42. The lowest BCUT2D eigenvalue weighted by Gasteiger charge is -2.23. The Balaban J connectivity index is 1.54. The van der Waals surface area contributed by atoms with Gasteiger partial charge in [0.2, 0.25) is 0 Å². The van der Waals surface area contributed by atoms with Crippen molar-refractivity contribution in [2.24, 2.45) is 0 Å². The Morgan fingerprint density at radius 1 is 1.43 bits per heavy atom. The minimum atomic E-state index is -0.140. The number of hydrogen-bond donors (Lipinski definition) is 2. The molecule has 0 saturated carbocycles. The Kier molecular flexibility index (Phi) is 5.08. The van der Waals surface area contributed by atoms with Crippen molar-refractivity contribution in [3.05, 3.63) is 42.1 Å². The van der Waals surface area contributed by atoms with Gasteiger partial charge in [0.15, 0.2) is 0 Å². The summed E-state index contributed by atoms with van der Waals surface area (Å²) in [5.41, 5.74) is 2.02. The monoisotopic (exact) mass is 313 g/mol. The number of nitrogens with zero attached hydrogens (tertiary/aromatic N) is 1. The van der Waals surface area contributed by atoms with Crippen molar-refractivity contribution in [3.63, 3.8) is 0 Å². The molecule has 2 N–H and O–H groups in total. The zero-order valence-electron chi connectivity index (χ0n) is 13.4. The summed E-state index contributed by atoms with van der Waals surface area (Å²) in [5.74, 6) is 0. The van der Waals surface area contributed by atoms with Crippen LogP contribution in [0, 0.1) is 0 Å². The lowest BCUT2D eigenvalue weighted by Crippen LogP contribution is -2.47. The van der Waals surface area contributed by atoms with E-state index in [0.29, 0.717) is 6.54 Å². The first-order valence-electron chi connectivity index (χ1n) is 8.26. The standard InChI is InChI=1S/C18H23N3O2/c1-2-15(17-6-4-10-23-17)21-18(22)20-12-13-7-8-16-14(11-13)5-3-9-19-16/h3,5,7-9,11,15,17H,2,4,6,10,12H2,1H3,(H2,20,21,22)/t15-,17+/m1/s1. The number of aromatic nitrogens is 1. The summed E-state index contributed by atoms with van der Waals surface area (Å²) >= 11 is 0. The molecule has 1 aromatic heterocycles. The van der Waals surface area contributed by atoms with Crippen LogP contribution in [0.15, 0.2) is 36.5 Å². The molecule has 0 spiro atoms. The van der Waals surface area contributed by atoms with Gasteiger partial charge in [-0.05, 0) is 43.0 Å². The molecule has 5 heteroatoms. The molecule has 2 atom stereocenters. The van der Waals surface area contributed by atoms with Crippen LogP contribution in [0.4, 0.5) is 4.79 Å². The largest absolute Gasteiger partial charge is 0.376 e. The zero-order valence-corrected chi connectivity index (χ0v) is 13.4. The van der Waals surface area contributed by atoms with Gasteiger partial charge in [0, 0.05) is 24.7 Å². The maximum atomic E-state index is 12.1. The molecule has 0 bridgehead atoms. The SMILES string of the molecule is CC[C@@H](NC(=O)NCc1ccc2ncccc2c1)[C@@H]1CCCO1. The minimum Gasteiger partial charge on any atom is -0.376 e. The predicted molar refractivity (Wildman–Crippen MR) is 90.2 cm³/mol. The topological polar surface area (TPSA) is 63.2 Å². The van der Waals surface area contributed by atoms with E-state index in [0.717, 1.165) is 42.3 Å². The Hall–Kier alpha value is -2.14. The molecule has 122 valence electrons. The molecule has 1 aliphatic heterocycles. The lowest BCUT2D eigenvalue weighted by molar-refractivity contribution is 0.0796. The molecular weight excluding hydrogens is 290 g/mol. The zero-order chi connectivity index (χ0) is 16.1. The predicted octanol–water partition coefficient (Wildman–Crippen LogP) is 2.99. The molecule has 1 aromatic carbocycles. The summed E-state index contributed by atoms with van der Waals surface area (Å²) in [6, 6.07) is 9.91. The van der Waals surface area contributed by atoms with Crippen LogP contribution in [0.25, 0.3) is 10.9 Å². The fourth-order valence-electron chi connectivity index (χ4n) is 3.01. The minimum absolute atomic E-state index is 0.0818. The molecule has 1 saturated heterocycles. The van der Waals surface area contributed by atoms with Crippen LogP contribution in [-0.4, -0.2) is 29.8 Å². The summed E-state index contributed by atoms with van der Waals surface area (Å²) in [6.45, 7) is 3.37. The molecule has 3 rings (SSSR count). The van der Waals surface area contributed by atoms with Gasteiger partial charge >= 0.3 is 6.03 Å². The second-order valence-electron chi connectivity index (χ2n) is 5.92. The normalized spacial score (nSPS) is 18.7. The van der Waals surface area contributed by atoms with Crippen molar-refractivity contribution in [2.45, 2.75) is 44.9 Å². The maximum Gasteiger partial charge on any atom is 0.315 e. The van der Waals surface area contributed by atoms with Crippen LogP contribution in [0.5, 0.6) is 0 Å². The van der Waals surface area contributed by atoms with Gasteiger partial charge < -0.3 is 15.4 Å². The highest BCUT2D eigenvalue weighted by Gasteiger charge is 2.25. The van der Waals surface area contributed by atoms with E-state index in [2.05, 4.69) is 28.6 Å². The van der Waals surface area contributed by atoms with E-state index in [4.69, 9.17) is 4.74 Å². The van der Waals surface area contributed by atoms with E-state index >= 15 is 0 Å². The third-order valence-electron chi connectivity index (χ3n) is 4.29. The molecule has 2 amide bonds. The fraction of sp³-hybridized carbons (Fsp3) is 0.444. The van der Waals surface area contributed by atoms with Crippen molar-refractivity contribution in [2.75, 3.05) is 6.61 Å². The number of hydrogen-bond acceptors (Lipinski definition) is 3. The van der Waals surface area contributed by atoms with Crippen LogP contribution in [-0.2, 0) is 11.3 Å². The number of benzene rings is 1. The smallest absolute Gasteiger partial charge is 0.315 e. The van der Waals surface area contributed by atoms with Crippen LogP contribution < -0.4 is 10.6 Å². The number of amides is 2. The van der Waals surface area contributed by atoms with E-state index in [1.165, 1.54) is 0 Å². The molecule has 1 fully saturated rings. The van der Waals surface area contributed by atoms with Crippen molar-refractivity contribution < 1.29 is 9.53 Å². The molecule has 2 aromatic rings. The highest BCUT2D eigenvalue weighted by Crippen LogP contribution is 2.17.